The first kappa shape index (κ1) is 21.2. The van der Waals surface area contributed by atoms with Crippen molar-refractivity contribution in [3.8, 4) is 0 Å². The van der Waals surface area contributed by atoms with Crippen LogP contribution in [-0.4, -0.2) is 0 Å². The zero-order chi connectivity index (χ0) is 22.3. The molecule has 5 aromatic carbocycles. The average Bonchev–Trinajstić information content (AvgIpc) is 2.90. The van der Waals surface area contributed by atoms with Crippen molar-refractivity contribution in [2.45, 2.75) is 6.42 Å². The summed E-state index contributed by atoms with van der Waals surface area (Å²) < 4.78 is 5.71. The van der Waals surface area contributed by atoms with Gasteiger partial charge in [0, 0.05) is 15.9 Å². The number of hydrogen-bond donors (Lipinski definition) is 0. The van der Waals surface area contributed by atoms with Crippen LogP contribution in [0.1, 0.15) is 11.1 Å². The highest BCUT2D eigenvalue weighted by Crippen LogP contribution is 2.49. The van der Waals surface area contributed by atoms with Gasteiger partial charge in [-0.2, -0.15) is 0 Å². The smallest absolute Gasteiger partial charge is 0.0660 e. The molecule has 0 unspecified atom stereocenters. The van der Waals surface area contributed by atoms with Gasteiger partial charge in [-0.15, -0.1) is 0 Å². The molecule has 0 spiro atoms. The molecule has 0 heterocycles. The molecule has 1 nitrogen and oxygen atoms in total. The highest BCUT2D eigenvalue weighted by molar-refractivity contribution is 7.87. The third-order valence-electron chi connectivity index (χ3n) is 5.88. The summed E-state index contributed by atoms with van der Waals surface area (Å²) in [4.78, 5) is 0. The van der Waals surface area contributed by atoms with Gasteiger partial charge in [0.1, 0.15) is 0 Å². The van der Waals surface area contributed by atoms with Gasteiger partial charge in [-0.1, -0.05) is 140 Å². The van der Waals surface area contributed by atoms with Gasteiger partial charge in [-0.25, -0.2) is 0 Å². The average molecular weight is 444 g/mol. The second-order valence-corrected chi connectivity index (χ2v) is 11.1. The molecule has 0 amide bonds. The lowest BCUT2D eigenvalue weighted by Gasteiger charge is -2.27. The Balaban J connectivity index is 1.81. The lowest BCUT2D eigenvalue weighted by molar-refractivity contribution is 1.19. The predicted molar refractivity (Wildman–Crippen MR) is 143 cm³/mol. The molecular formula is C31H26NP. The summed E-state index contributed by atoms with van der Waals surface area (Å²) in [6.07, 6.45) is 0.860. The molecule has 160 valence electrons. The first-order valence-electron chi connectivity index (χ1n) is 11.3. The second-order valence-electron chi connectivity index (χ2n) is 8.03. The Morgan fingerprint density at radius 3 is 1.30 bits per heavy atom. The summed E-state index contributed by atoms with van der Waals surface area (Å²) in [5, 5.41) is 3.78. The van der Waals surface area contributed by atoms with E-state index in [9.17, 15) is 0 Å². The van der Waals surface area contributed by atoms with E-state index in [1.54, 1.807) is 0 Å². The molecule has 0 aliphatic rings. The molecule has 5 aromatic rings. The van der Waals surface area contributed by atoms with E-state index in [1.165, 1.54) is 27.0 Å². The maximum Gasteiger partial charge on any atom is 0.0660 e. The van der Waals surface area contributed by atoms with Crippen molar-refractivity contribution in [3.05, 3.63) is 157 Å². The minimum atomic E-state index is -2.28. The fraction of sp³-hybridized carbons (Fsp3) is 0.0323. The number of rotatable bonds is 6. The van der Waals surface area contributed by atoms with E-state index in [2.05, 4.69) is 146 Å². The molecule has 0 saturated carbocycles. The molecule has 0 radical (unpaired) electrons. The van der Waals surface area contributed by atoms with Crippen molar-refractivity contribution < 1.29 is 0 Å². The van der Waals surface area contributed by atoms with Crippen LogP contribution in [0, 0.1) is 0 Å². The lowest BCUT2D eigenvalue weighted by atomic mass is 10.0. The van der Waals surface area contributed by atoms with Gasteiger partial charge in [-0.05, 0) is 23.6 Å². The van der Waals surface area contributed by atoms with Gasteiger partial charge < -0.3 is 0 Å². The third kappa shape index (κ3) is 4.46. The van der Waals surface area contributed by atoms with E-state index in [1.807, 2.05) is 0 Å². The summed E-state index contributed by atoms with van der Waals surface area (Å²) in [7, 11) is -2.28. The summed E-state index contributed by atoms with van der Waals surface area (Å²) >= 11 is 0. The van der Waals surface area contributed by atoms with Crippen molar-refractivity contribution in [2.24, 2.45) is 4.74 Å². The standard InChI is InChI=1S/C31H26NP/c1-5-15-26(16-6-1)25-27-17-13-14-24-31(27)32-33(28-18-7-2-8-19-28,29-20-9-3-10-21-29)30-22-11-4-12-23-30/h1-24H,25H2. The molecule has 0 fully saturated rings. The van der Waals surface area contributed by atoms with Crippen LogP contribution in [0.4, 0.5) is 5.69 Å². The van der Waals surface area contributed by atoms with Crippen molar-refractivity contribution in [3.63, 3.8) is 0 Å². The Bertz CT molecular complexity index is 1260. The Hall–Kier alpha value is -3.67. The van der Waals surface area contributed by atoms with Crippen molar-refractivity contribution >= 4 is 28.7 Å². The molecule has 0 atom stereocenters. The predicted octanol–water partition coefficient (Wildman–Crippen LogP) is 7.09. The van der Waals surface area contributed by atoms with Crippen molar-refractivity contribution in [1.29, 1.82) is 0 Å². The summed E-state index contributed by atoms with van der Waals surface area (Å²) in [6.45, 7) is 0. The van der Waals surface area contributed by atoms with Crippen LogP contribution in [-0.2, 0) is 6.42 Å². The van der Waals surface area contributed by atoms with E-state index >= 15 is 0 Å². The molecule has 0 bridgehead atoms. The zero-order valence-corrected chi connectivity index (χ0v) is 19.4. The molecule has 0 aromatic heterocycles. The first-order chi connectivity index (χ1) is 16.4. The number of nitrogens with zero attached hydrogens (tertiary/aromatic N) is 1. The maximum absolute atomic E-state index is 5.71. The van der Waals surface area contributed by atoms with E-state index in [0.29, 0.717) is 0 Å². The summed E-state index contributed by atoms with van der Waals surface area (Å²) in [5.74, 6) is 0. The molecule has 5 rings (SSSR count). The first-order valence-corrected chi connectivity index (χ1v) is 13.0. The molecule has 0 aliphatic heterocycles. The van der Waals surface area contributed by atoms with Crippen LogP contribution in [0.25, 0.3) is 0 Å². The summed E-state index contributed by atoms with van der Waals surface area (Å²) in [5.41, 5.74) is 3.60. The van der Waals surface area contributed by atoms with Crippen molar-refractivity contribution in [1.82, 2.24) is 0 Å². The normalized spacial score (nSPS) is 11.2. The molecule has 0 N–H and O–H groups in total. The zero-order valence-electron chi connectivity index (χ0n) is 18.5. The maximum atomic E-state index is 5.71. The van der Waals surface area contributed by atoms with Crippen LogP contribution in [0.2, 0.25) is 0 Å². The van der Waals surface area contributed by atoms with Gasteiger partial charge in [0.15, 0.2) is 0 Å². The molecule has 0 aliphatic carbocycles. The lowest BCUT2D eigenvalue weighted by Crippen LogP contribution is -2.25. The minimum absolute atomic E-state index is 0.860. The molecule has 33 heavy (non-hydrogen) atoms. The number of benzene rings is 5. The topological polar surface area (TPSA) is 12.4 Å². The quantitative estimate of drug-likeness (QED) is 0.249. The highest BCUT2D eigenvalue weighted by atomic mass is 31.2. The minimum Gasteiger partial charge on any atom is -0.254 e. The van der Waals surface area contributed by atoms with E-state index in [0.717, 1.165) is 12.1 Å². The Morgan fingerprint density at radius 2 is 0.818 bits per heavy atom. The van der Waals surface area contributed by atoms with Gasteiger partial charge in [0.25, 0.3) is 0 Å². The molecule has 0 saturated heterocycles. The van der Waals surface area contributed by atoms with E-state index in [-0.39, 0.29) is 0 Å². The fourth-order valence-corrected chi connectivity index (χ4v) is 7.86. The SMILES string of the molecule is c1ccc(Cc2ccccc2N=P(c2ccccc2)(c2ccccc2)c2ccccc2)cc1. The Kier molecular flexibility index (Phi) is 6.33. The third-order valence-corrected chi connectivity index (χ3v) is 9.53. The van der Waals surface area contributed by atoms with Gasteiger partial charge in [0.2, 0.25) is 0 Å². The van der Waals surface area contributed by atoms with Gasteiger partial charge in [0.05, 0.1) is 12.7 Å². The fourth-order valence-electron chi connectivity index (χ4n) is 4.29. The van der Waals surface area contributed by atoms with Crippen molar-refractivity contribution in [2.75, 3.05) is 0 Å². The van der Waals surface area contributed by atoms with Crippen LogP contribution in [0.5, 0.6) is 0 Å². The molecule has 2 heteroatoms. The largest absolute Gasteiger partial charge is 0.254 e. The van der Waals surface area contributed by atoms with Crippen LogP contribution >= 0.6 is 7.05 Å². The van der Waals surface area contributed by atoms with Crippen LogP contribution in [0.15, 0.2) is 150 Å². The second kappa shape index (κ2) is 9.86. The molecular weight excluding hydrogens is 417 g/mol. The Labute approximate surface area is 196 Å². The van der Waals surface area contributed by atoms with Crippen LogP contribution in [0.3, 0.4) is 0 Å². The summed E-state index contributed by atoms with van der Waals surface area (Å²) in [6, 6.07) is 51.6. The van der Waals surface area contributed by atoms with Gasteiger partial charge >= 0.3 is 0 Å². The van der Waals surface area contributed by atoms with E-state index < -0.39 is 7.05 Å². The van der Waals surface area contributed by atoms with Crippen LogP contribution < -0.4 is 15.9 Å². The monoisotopic (exact) mass is 443 g/mol. The van der Waals surface area contributed by atoms with Gasteiger partial charge in [-0.3, -0.25) is 4.74 Å². The Morgan fingerprint density at radius 1 is 0.424 bits per heavy atom. The number of hydrogen-bond acceptors (Lipinski definition) is 1. The van der Waals surface area contributed by atoms with E-state index in [4.69, 9.17) is 4.74 Å². The highest BCUT2D eigenvalue weighted by Gasteiger charge is 2.27.